The van der Waals surface area contributed by atoms with Crippen molar-refractivity contribution in [3.63, 3.8) is 0 Å². The summed E-state index contributed by atoms with van der Waals surface area (Å²) < 4.78 is 0. The molecule has 2 aliphatic heterocycles. The molecule has 1 aromatic carbocycles. The second kappa shape index (κ2) is 5.51. The fourth-order valence-electron chi connectivity index (χ4n) is 3.30. The van der Waals surface area contributed by atoms with Gasteiger partial charge in [0.2, 0.25) is 0 Å². The lowest BCUT2D eigenvalue weighted by molar-refractivity contribution is 0.0915. The van der Waals surface area contributed by atoms with Gasteiger partial charge in [-0.3, -0.25) is 9.69 Å². The van der Waals surface area contributed by atoms with Crippen molar-refractivity contribution in [2.75, 3.05) is 13.1 Å². The maximum atomic E-state index is 12.2. The Kier molecular flexibility index (Phi) is 3.76. The smallest absolute Gasteiger partial charge is 0.251 e. The van der Waals surface area contributed by atoms with Gasteiger partial charge in [-0.2, -0.15) is 0 Å². The molecule has 2 saturated heterocycles. The van der Waals surface area contributed by atoms with Crippen LogP contribution in [-0.2, 0) is 0 Å². The van der Waals surface area contributed by atoms with Crippen molar-refractivity contribution >= 4 is 17.5 Å². The molecule has 3 rings (SSSR count). The van der Waals surface area contributed by atoms with Gasteiger partial charge in [0, 0.05) is 29.2 Å². The van der Waals surface area contributed by atoms with Crippen LogP contribution < -0.4 is 5.32 Å². The van der Waals surface area contributed by atoms with Gasteiger partial charge in [-0.05, 0) is 44.0 Å². The van der Waals surface area contributed by atoms with Gasteiger partial charge >= 0.3 is 0 Å². The molecule has 19 heavy (non-hydrogen) atoms. The maximum Gasteiger partial charge on any atom is 0.251 e. The number of piperidine rings is 1. The Hall–Kier alpha value is -1.06. The summed E-state index contributed by atoms with van der Waals surface area (Å²) in [5.41, 5.74) is 0.654. The number of rotatable bonds is 2. The van der Waals surface area contributed by atoms with E-state index in [0.717, 1.165) is 13.0 Å². The van der Waals surface area contributed by atoms with Gasteiger partial charge in [0.1, 0.15) is 0 Å². The lowest BCUT2D eigenvalue weighted by Gasteiger charge is -2.32. The van der Waals surface area contributed by atoms with Crippen LogP contribution in [0.15, 0.2) is 24.3 Å². The third-order valence-corrected chi connectivity index (χ3v) is 4.49. The van der Waals surface area contributed by atoms with E-state index in [1.54, 1.807) is 12.1 Å². The first-order chi connectivity index (χ1) is 9.24. The zero-order chi connectivity index (χ0) is 13.2. The molecular weight excluding hydrogens is 260 g/mol. The lowest BCUT2D eigenvalue weighted by atomic mass is 9.99. The highest BCUT2D eigenvalue weighted by atomic mass is 35.5. The van der Waals surface area contributed by atoms with Gasteiger partial charge in [0.15, 0.2) is 0 Å². The number of hydrogen-bond donors (Lipinski definition) is 1. The van der Waals surface area contributed by atoms with Crippen molar-refractivity contribution in [2.24, 2.45) is 0 Å². The van der Waals surface area contributed by atoms with E-state index in [2.05, 4.69) is 10.2 Å². The van der Waals surface area contributed by atoms with E-state index in [-0.39, 0.29) is 5.91 Å². The zero-order valence-electron chi connectivity index (χ0n) is 10.9. The Morgan fingerprint density at radius 2 is 2.16 bits per heavy atom. The molecule has 2 fully saturated rings. The van der Waals surface area contributed by atoms with Crippen LogP contribution in [0, 0.1) is 0 Å². The number of nitrogens with zero attached hydrogens (tertiary/aromatic N) is 1. The predicted octanol–water partition coefficient (Wildman–Crippen LogP) is 2.70. The first kappa shape index (κ1) is 12.9. The fourth-order valence-corrected chi connectivity index (χ4v) is 3.49. The molecule has 0 unspecified atom stereocenters. The summed E-state index contributed by atoms with van der Waals surface area (Å²) in [6, 6.07) is 7.98. The lowest BCUT2D eigenvalue weighted by Crippen LogP contribution is -2.46. The SMILES string of the molecule is O=C(N[C@H]1CCN2CCCC[C@H]12)c1cccc(Cl)c1. The number of fused-ring (bicyclic) bond motifs is 1. The highest BCUT2D eigenvalue weighted by Gasteiger charge is 2.36. The Morgan fingerprint density at radius 1 is 1.26 bits per heavy atom. The molecule has 0 spiro atoms. The van der Waals surface area contributed by atoms with E-state index in [1.165, 1.54) is 25.8 Å². The number of amides is 1. The normalized spacial score (nSPS) is 27.0. The maximum absolute atomic E-state index is 12.2. The highest BCUT2D eigenvalue weighted by Crippen LogP contribution is 2.27. The summed E-state index contributed by atoms with van der Waals surface area (Å²) in [7, 11) is 0. The van der Waals surface area contributed by atoms with Crippen molar-refractivity contribution in [1.29, 1.82) is 0 Å². The molecule has 0 radical (unpaired) electrons. The largest absolute Gasteiger partial charge is 0.348 e. The number of benzene rings is 1. The fraction of sp³-hybridized carbons (Fsp3) is 0.533. The second-order valence-electron chi connectivity index (χ2n) is 5.48. The van der Waals surface area contributed by atoms with Crippen LogP contribution in [0.25, 0.3) is 0 Å². The molecule has 2 atom stereocenters. The zero-order valence-corrected chi connectivity index (χ0v) is 11.7. The molecule has 0 bridgehead atoms. The summed E-state index contributed by atoms with van der Waals surface area (Å²) in [4.78, 5) is 14.8. The first-order valence-corrected chi connectivity index (χ1v) is 7.42. The number of hydrogen-bond acceptors (Lipinski definition) is 2. The van der Waals surface area contributed by atoms with Gasteiger partial charge < -0.3 is 5.32 Å². The van der Waals surface area contributed by atoms with Crippen LogP contribution in [0.4, 0.5) is 0 Å². The van der Waals surface area contributed by atoms with E-state index >= 15 is 0 Å². The van der Waals surface area contributed by atoms with Crippen LogP contribution >= 0.6 is 11.6 Å². The number of nitrogens with one attached hydrogen (secondary N) is 1. The third kappa shape index (κ3) is 2.77. The number of halogens is 1. The summed E-state index contributed by atoms with van der Waals surface area (Å²) >= 11 is 5.93. The standard InChI is InChI=1S/C15H19ClN2O/c16-12-5-3-4-11(10-12)15(19)17-13-7-9-18-8-2-1-6-14(13)18/h3-5,10,13-14H,1-2,6-9H2,(H,17,19)/t13-,14+/m0/s1. The van der Waals surface area contributed by atoms with Crippen LogP contribution in [0.2, 0.25) is 5.02 Å². The third-order valence-electron chi connectivity index (χ3n) is 4.26. The Labute approximate surface area is 118 Å². The average molecular weight is 279 g/mol. The van der Waals surface area contributed by atoms with Crippen LogP contribution in [0.3, 0.4) is 0 Å². The average Bonchev–Trinajstić information content (AvgIpc) is 2.82. The Bertz CT molecular complexity index is 477. The topological polar surface area (TPSA) is 32.3 Å². The molecule has 0 saturated carbocycles. The molecule has 102 valence electrons. The van der Waals surface area contributed by atoms with Crippen LogP contribution in [0.1, 0.15) is 36.0 Å². The molecule has 1 aromatic rings. The number of carbonyl (C=O) groups excluding carboxylic acids is 1. The molecule has 1 N–H and O–H groups in total. The molecule has 2 heterocycles. The minimum absolute atomic E-state index is 0.0000709. The quantitative estimate of drug-likeness (QED) is 0.902. The number of carbonyl (C=O) groups is 1. The summed E-state index contributed by atoms with van der Waals surface area (Å²) in [6.07, 6.45) is 4.85. The highest BCUT2D eigenvalue weighted by molar-refractivity contribution is 6.30. The minimum Gasteiger partial charge on any atom is -0.348 e. The van der Waals surface area contributed by atoms with Crippen molar-refractivity contribution in [1.82, 2.24) is 10.2 Å². The molecule has 1 amide bonds. The summed E-state index contributed by atoms with van der Waals surface area (Å²) in [5, 5.41) is 3.79. The van der Waals surface area contributed by atoms with E-state index in [1.807, 2.05) is 12.1 Å². The van der Waals surface area contributed by atoms with Crippen LogP contribution in [0.5, 0.6) is 0 Å². The van der Waals surface area contributed by atoms with Crippen molar-refractivity contribution < 1.29 is 4.79 Å². The van der Waals surface area contributed by atoms with E-state index in [4.69, 9.17) is 11.6 Å². The van der Waals surface area contributed by atoms with Gasteiger partial charge in [-0.15, -0.1) is 0 Å². The van der Waals surface area contributed by atoms with Crippen molar-refractivity contribution in [2.45, 2.75) is 37.8 Å². The van der Waals surface area contributed by atoms with Gasteiger partial charge in [-0.25, -0.2) is 0 Å². The molecular formula is C15H19ClN2O. The van der Waals surface area contributed by atoms with Gasteiger partial charge in [-0.1, -0.05) is 24.1 Å². The first-order valence-electron chi connectivity index (χ1n) is 7.04. The van der Waals surface area contributed by atoms with E-state index in [9.17, 15) is 4.79 Å². The van der Waals surface area contributed by atoms with E-state index in [0.29, 0.717) is 22.7 Å². The van der Waals surface area contributed by atoms with Crippen LogP contribution in [-0.4, -0.2) is 36.0 Å². The molecule has 0 aliphatic carbocycles. The molecule has 4 heteroatoms. The Balaban J connectivity index is 1.66. The summed E-state index contributed by atoms with van der Waals surface area (Å²) in [6.45, 7) is 2.30. The second-order valence-corrected chi connectivity index (χ2v) is 5.91. The molecule has 2 aliphatic rings. The monoisotopic (exact) mass is 278 g/mol. The van der Waals surface area contributed by atoms with E-state index < -0.39 is 0 Å². The summed E-state index contributed by atoms with van der Waals surface area (Å²) in [5.74, 6) is -0.0000709. The van der Waals surface area contributed by atoms with Gasteiger partial charge in [0.05, 0.1) is 0 Å². The molecule has 3 nitrogen and oxygen atoms in total. The van der Waals surface area contributed by atoms with Crippen molar-refractivity contribution in [3.8, 4) is 0 Å². The predicted molar refractivity (Wildman–Crippen MR) is 76.5 cm³/mol. The Morgan fingerprint density at radius 3 is 3.00 bits per heavy atom. The molecule has 0 aromatic heterocycles. The van der Waals surface area contributed by atoms with Gasteiger partial charge in [0.25, 0.3) is 5.91 Å². The van der Waals surface area contributed by atoms with Crippen molar-refractivity contribution in [3.05, 3.63) is 34.9 Å². The minimum atomic E-state index is -0.0000709.